The molecule has 4 heterocycles. The molecule has 1 aliphatic rings. The van der Waals surface area contributed by atoms with Crippen molar-refractivity contribution in [1.29, 1.82) is 0 Å². The van der Waals surface area contributed by atoms with E-state index in [0.29, 0.717) is 0 Å². The minimum atomic E-state index is 0.202. The first-order valence-corrected chi connectivity index (χ1v) is 22.7. The van der Waals surface area contributed by atoms with E-state index in [-0.39, 0.29) is 6.04 Å². The summed E-state index contributed by atoms with van der Waals surface area (Å²) in [6.07, 6.45) is 10.0. The van der Waals surface area contributed by atoms with E-state index in [1.54, 1.807) is 0 Å². The molecule has 0 saturated heterocycles. The van der Waals surface area contributed by atoms with Gasteiger partial charge in [0.25, 0.3) is 0 Å². The Labute approximate surface area is 372 Å². The molecule has 4 aromatic heterocycles. The summed E-state index contributed by atoms with van der Waals surface area (Å²) in [6, 6.07) is 53.2. The van der Waals surface area contributed by atoms with Crippen LogP contribution in [-0.4, -0.2) is 14.8 Å². The van der Waals surface area contributed by atoms with Gasteiger partial charge in [0.05, 0.1) is 50.5 Å². The average Bonchev–Trinajstić information content (AvgIpc) is 4.04. The Morgan fingerprint density at radius 3 is 1.47 bits per heavy atom. The molecule has 64 heavy (non-hydrogen) atoms. The largest absolute Gasteiger partial charge is 0.334 e. The van der Waals surface area contributed by atoms with Crippen LogP contribution in [0.3, 0.4) is 0 Å². The monoisotopic (exact) mass is 824 g/mol. The van der Waals surface area contributed by atoms with E-state index in [1.165, 1.54) is 132 Å². The zero-order valence-electron chi connectivity index (χ0n) is 37.2. The van der Waals surface area contributed by atoms with Crippen LogP contribution in [0.2, 0.25) is 0 Å². The van der Waals surface area contributed by atoms with E-state index in [2.05, 4.69) is 224 Å². The maximum Gasteiger partial charge on any atom is 0.0621 e. The van der Waals surface area contributed by atoms with Crippen molar-refractivity contribution in [2.45, 2.75) is 54.0 Å². The predicted octanol–water partition coefficient (Wildman–Crippen LogP) is 16.3. The number of fused-ring (bicyclic) bond motifs is 12. The molecule has 308 valence electrons. The number of hydrogen-bond donors (Lipinski definition) is 0. The molecule has 13 rings (SSSR count). The number of anilines is 5. The molecular formula is C60H48N4. The highest BCUT2D eigenvalue weighted by atomic mass is 15.2. The van der Waals surface area contributed by atoms with Crippen molar-refractivity contribution in [3.05, 3.63) is 197 Å². The van der Waals surface area contributed by atoms with Gasteiger partial charge in [-0.3, -0.25) is 0 Å². The Morgan fingerprint density at radius 2 is 0.922 bits per heavy atom. The van der Waals surface area contributed by atoms with Crippen molar-refractivity contribution in [2.75, 3.05) is 9.80 Å². The summed E-state index contributed by atoms with van der Waals surface area (Å²) in [7, 11) is 0. The van der Waals surface area contributed by atoms with Crippen molar-refractivity contribution in [1.82, 2.24) is 8.80 Å². The van der Waals surface area contributed by atoms with Crippen LogP contribution < -0.4 is 9.80 Å². The molecule has 4 nitrogen and oxygen atoms in total. The average molecular weight is 825 g/mol. The van der Waals surface area contributed by atoms with Gasteiger partial charge >= 0.3 is 0 Å². The SMILES string of the molecule is Cc1cc(N(c2ccccc2)c2cccc3c2c2cccc4c5cc6c(cc5n3c42)c2cccc3c4c(N(c5cc(C)c(C)c(C)c5)C5C=CC=CC5)cccc4n6c23)cc(C)c1C. The molecule has 0 amide bonds. The molecule has 8 aromatic carbocycles. The first-order valence-electron chi connectivity index (χ1n) is 22.7. The lowest BCUT2D eigenvalue weighted by Crippen LogP contribution is -2.30. The van der Waals surface area contributed by atoms with Gasteiger partial charge in [-0.2, -0.15) is 0 Å². The van der Waals surface area contributed by atoms with Crippen LogP contribution in [0, 0.1) is 41.5 Å². The first-order chi connectivity index (χ1) is 31.3. The van der Waals surface area contributed by atoms with Crippen LogP contribution in [0.25, 0.3) is 76.2 Å². The molecule has 4 heteroatoms. The van der Waals surface area contributed by atoms with Crippen LogP contribution in [0.1, 0.15) is 39.8 Å². The summed E-state index contributed by atoms with van der Waals surface area (Å²) in [5.41, 5.74) is 21.5. The van der Waals surface area contributed by atoms with E-state index in [9.17, 15) is 0 Å². The number of nitrogens with zero attached hydrogens (tertiary/aromatic N) is 4. The highest BCUT2D eigenvalue weighted by Gasteiger charge is 2.28. The molecular weight excluding hydrogens is 777 g/mol. The number of benzene rings is 8. The quantitative estimate of drug-likeness (QED) is 0.166. The smallest absolute Gasteiger partial charge is 0.0621 e. The Kier molecular flexibility index (Phi) is 7.80. The topological polar surface area (TPSA) is 15.3 Å². The minimum absolute atomic E-state index is 0.202. The van der Waals surface area contributed by atoms with Crippen molar-refractivity contribution < 1.29 is 0 Å². The molecule has 1 unspecified atom stereocenters. The molecule has 1 aliphatic carbocycles. The second kappa shape index (κ2) is 13.5. The Hall–Kier alpha value is -7.56. The number of rotatable bonds is 6. The first kappa shape index (κ1) is 37.0. The zero-order chi connectivity index (χ0) is 43.1. The number of aryl methyl sites for hydroxylation is 4. The molecule has 0 spiro atoms. The summed E-state index contributed by atoms with van der Waals surface area (Å²) < 4.78 is 5.11. The van der Waals surface area contributed by atoms with Crippen molar-refractivity contribution in [2.24, 2.45) is 0 Å². The number of hydrogen-bond acceptors (Lipinski definition) is 2. The van der Waals surface area contributed by atoms with Crippen molar-refractivity contribution >= 4 is 105 Å². The van der Waals surface area contributed by atoms with E-state index in [4.69, 9.17) is 0 Å². The van der Waals surface area contributed by atoms with Crippen molar-refractivity contribution in [3.8, 4) is 0 Å². The summed E-state index contributed by atoms with van der Waals surface area (Å²) in [6.45, 7) is 13.4. The molecule has 0 bridgehead atoms. The fourth-order valence-electron chi connectivity index (χ4n) is 11.5. The standard InChI is InChI=1S/C60H48N4/c1-35-29-43(30-36(2)39(35)5)61(41-17-9-7-10-18-41)51-25-15-27-53-57(51)47-23-13-21-45-49-34-56-50(33-55(49)63(53)59(45)47)46-22-14-24-48-58-52(26-16-28-54(58)64(56)60(46)48)62(42-19-11-8-12-20-42)44-31-37(3)40(6)38(4)32-44/h7-19,21-34,42H,20H2,1-6H3. The van der Waals surface area contributed by atoms with Crippen LogP contribution in [0.4, 0.5) is 28.4 Å². The van der Waals surface area contributed by atoms with Gasteiger partial charge in [-0.05, 0) is 154 Å². The lowest BCUT2D eigenvalue weighted by Gasteiger charge is -2.34. The van der Waals surface area contributed by atoms with Crippen LogP contribution in [-0.2, 0) is 0 Å². The summed E-state index contributed by atoms with van der Waals surface area (Å²) in [5, 5.41) is 10.3. The fraction of sp³-hybridized carbons (Fsp3) is 0.133. The van der Waals surface area contributed by atoms with Crippen LogP contribution in [0.5, 0.6) is 0 Å². The van der Waals surface area contributed by atoms with Crippen LogP contribution >= 0.6 is 0 Å². The second-order valence-corrected chi connectivity index (χ2v) is 18.4. The van der Waals surface area contributed by atoms with Gasteiger partial charge in [-0.15, -0.1) is 0 Å². The zero-order valence-corrected chi connectivity index (χ0v) is 37.2. The van der Waals surface area contributed by atoms with Gasteiger partial charge in [-0.1, -0.05) is 91.0 Å². The van der Waals surface area contributed by atoms with Crippen LogP contribution in [0.15, 0.2) is 164 Å². The summed E-state index contributed by atoms with van der Waals surface area (Å²) in [5.74, 6) is 0. The van der Waals surface area contributed by atoms with Gasteiger partial charge in [-0.25, -0.2) is 0 Å². The Balaban J connectivity index is 1.08. The van der Waals surface area contributed by atoms with E-state index in [1.807, 2.05) is 0 Å². The predicted molar refractivity (Wildman–Crippen MR) is 274 cm³/mol. The lowest BCUT2D eigenvalue weighted by atomic mass is 9.98. The molecule has 1 atom stereocenters. The molecule has 0 N–H and O–H groups in total. The highest BCUT2D eigenvalue weighted by Crippen LogP contribution is 2.50. The van der Waals surface area contributed by atoms with Gasteiger partial charge in [0.2, 0.25) is 0 Å². The lowest BCUT2D eigenvalue weighted by molar-refractivity contribution is 0.786. The van der Waals surface area contributed by atoms with E-state index >= 15 is 0 Å². The van der Waals surface area contributed by atoms with Gasteiger partial charge < -0.3 is 18.6 Å². The third kappa shape index (κ3) is 4.99. The summed E-state index contributed by atoms with van der Waals surface area (Å²) in [4.78, 5) is 5.05. The normalized spacial score (nSPS) is 14.4. The number of aromatic nitrogens is 2. The molecule has 12 aromatic rings. The van der Waals surface area contributed by atoms with E-state index < -0.39 is 0 Å². The van der Waals surface area contributed by atoms with Gasteiger partial charge in [0.1, 0.15) is 0 Å². The molecule has 0 fully saturated rings. The third-order valence-electron chi connectivity index (χ3n) is 14.9. The maximum absolute atomic E-state index is 2.59. The second-order valence-electron chi connectivity index (χ2n) is 18.4. The fourth-order valence-corrected chi connectivity index (χ4v) is 11.5. The molecule has 0 saturated carbocycles. The number of allylic oxidation sites excluding steroid dienone is 2. The van der Waals surface area contributed by atoms with Gasteiger partial charge in [0.15, 0.2) is 0 Å². The number of para-hydroxylation sites is 3. The maximum atomic E-state index is 2.59. The molecule has 0 radical (unpaired) electrons. The minimum Gasteiger partial charge on any atom is -0.334 e. The Bertz CT molecular complexity index is 3910. The summed E-state index contributed by atoms with van der Waals surface area (Å²) >= 11 is 0. The third-order valence-corrected chi connectivity index (χ3v) is 14.9. The van der Waals surface area contributed by atoms with E-state index in [0.717, 1.165) is 12.1 Å². The highest BCUT2D eigenvalue weighted by molar-refractivity contribution is 6.31. The van der Waals surface area contributed by atoms with Crippen molar-refractivity contribution in [3.63, 3.8) is 0 Å². The van der Waals surface area contributed by atoms with Gasteiger partial charge in [0, 0.05) is 60.2 Å². The Morgan fingerprint density at radius 1 is 0.422 bits per heavy atom. The molecule has 0 aliphatic heterocycles.